The minimum Gasteiger partial charge on any atom is -0.357 e. The van der Waals surface area contributed by atoms with Crippen molar-refractivity contribution < 1.29 is 22.8 Å². The Balaban J connectivity index is 1.78. The summed E-state index contributed by atoms with van der Waals surface area (Å²) in [6.07, 6.45) is -0.239. The van der Waals surface area contributed by atoms with Crippen molar-refractivity contribution >= 4 is 43.7 Å². The number of fused-ring (bicyclic) bond motifs is 1. The maximum absolute atomic E-state index is 13.0. The van der Waals surface area contributed by atoms with Crippen LogP contribution in [0.2, 0.25) is 0 Å². The predicted octanol–water partition coefficient (Wildman–Crippen LogP) is 2.15. The fourth-order valence-electron chi connectivity index (χ4n) is 3.37. The quantitative estimate of drug-likeness (QED) is 0.618. The number of hydrogen-bond donors (Lipinski definition) is 1. The van der Waals surface area contributed by atoms with Gasteiger partial charge in [0.2, 0.25) is 11.8 Å². The van der Waals surface area contributed by atoms with Gasteiger partial charge in [0, 0.05) is 31.0 Å². The number of sulfonamides is 1. The molecule has 0 bridgehead atoms. The van der Waals surface area contributed by atoms with Crippen molar-refractivity contribution in [1.29, 1.82) is 0 Å². The molecule has 1 unspecified atom stereocenters. The molecule has 10 heteroatoms. The van der Waals surface area contributed by atoms with Gasteiger partial charge in [0.25, 0.3) is 15.9 Å². The Bertz CT molecular complexity index is 1120. The average Bonchev–Trinajstić information content (AvgIpc) is 2.96. The number of amides is 3. The zero-order valence-electron chi connectivity index (χ0n) is 17.0. The second-order valence-electron chi connectivity index (χ2n) is 7.07. The molecule has 2 aromatic rings. The van der Waals surface area contributed by atoms with Crippen LogP contribution in [0.3, 0.4) is 0 Å². The Morgan fingerprint density at radius 1 is 1.13 bits per heavy atom. The lowest BCUT2D eigenvalue weighted by Crippen LogP contribution is -2.47. The number of carbonyl (C=O) groups excluding carboxylic acids is 3. The van der Waals surface area contributed by atoms with Gasteiger partial charge in [-0.2, -0.15) is 0 Å². The van der Waals surface area contributed by atoms with Crippen LogP contribution in [0.5, 0.6) is 0 Å². The number of likely N-dealkylation sites (N-methyl/N-ethyl adjacent to an activating group) is 1. The summed E-state index contributed by atoms with van der Waals surface area (Å²) in [5.74, 6) is -1.43. The summed E-state index contributed by atoms with van der Waals surface area (Å²) in [7, 11) is -2.51. The molecule has 1 heterocycles. The van der Waals surface area contributed by atoms with Gasteiger partial charge in [-0.25, -0.2) is 12.7 Å². The van der Waals surface area contributed by atoms with E-state index in [1.54, 1.807) is 19.1 Å². The lowest BCUT2D eigenvalue weighted by Gasteiger charge is -2.29. The summed E-state index contributed by atoms with van der Waals surface area (Å²) in [6, 6.07) is 12.5. The Kier molecular flexibility index (Phi) is 6.80. The summed E-state index contributed by atoms with van der Waals surface area (Å²) in [6.45, 7) is 1.47. The summed E-state index contributed by atoms with van der Waals surface area (Å²) >= 11 is 3.36. The molecule has 8 nitrogen and oxygen atoms in total. The highest BCUT2D eigenvalue weighted by Crippen LogP contribution is 2.30. The lowest BCUT2D eigenvalue weighted by atomic mass is 10.1. The fourth-order valence-corrected chi connectivity index (χ4v) is 5.20. The molecule has 1 atom stereocenters. The van der Waals surface area contributed by atoms with Gasteiger partial charge in [0.15, 0.2) is 0 Å². The minimum absolute atomic E-state index is 0.0575. The van der Waals surface area contributed by atoms with E-state index < -0.39 is 27.9 Å². The summed E-state index contributed by atoms with van der Waals surface area (Å²) in [5, 5.41) is 2.52. The van der Waals surface area contributed by atoms with Gasteiger partial charge in [-0.3, -0.25) is 14.4 Å². The molecule has 1 aliphatic rings. The molecule has 1 N–H and O–H groups in total. The predicted molar refractivity (Wildman–Crippen MR) is 118 cm³/mol. The van der Waals surface area contributed by atoms with Crippen molar-refractivity contribution in [2.45, 2.75) is 30.8 Å². The first kappa shape index (κ1) is 23.0. The third-order valence-corrected chi connectivity index (χ3v) is 7.49. The Morgan fingerprint density at radius 2 is 1.77 bits per heavy atom. The van der Waals surface area contributed by atoms with E-state index in [1.807, 2.05) is 24.3 Å². The molecule has 0 fully saturated rings. The van der Waals surface area contributed by atoms with Crippen LogP contribution in [-0.4, -0.2) is 55.0 Å². The Hall–Kier alpha value is -2.72. The molecule has 1 aliphatic heterocycles. The van der Waals surface area contributed by atoms with E-state index in [9.17, 15) is 22.8 Å². The zero-order chi connectivity index (χ0) is 22.8. The van der Waals surface area contributed by atoms with Crippen molar-refractivity contribution in [2.24, 2.45) is 0 Å². The number of nitrogens with zero attached hydrogens (tertiary/aromatic N) is 2. The van der Waals surface area contributed by atoms with Gasteiger partial charge in [-0.15, -0.1) is 0 Å². The van der Waals surface area contributed by atoms with Crippen LogP contribution in [0.25, 0.3) is 0 Å². The van der Waals surface area contributed by atoms with E-state index in [1.165, 1.54) is 24.1 Å². The van der Waals surface area contributed by atoms with Crippen LogP contribution >= 0.6 is 15.9 Å². The Morgan fingerprint density at radius 3 is 2.39 bits per heavy atom. The highest BCUT2D eigenvalue weighted by molar-refractivity contribution is 9.10. The molecule has 31 heavy (non-hydrogen) atoms. The monoisotopic (exact) mass is 507 g/mol. The standard InChI is InChI=1S/C21H22BrN3O5S/c1-14(20(27)23-2)24(13-15-7-9-16(22)10-8-15)19(26)11-12-25-21(28)17-5-3-4-6-18(17)31(25,29)30/h3-10,14H,11-13H2,1-2H3,(H,23,27). The molecule has 0 aromatic heterocycles. The van der Waals surface area contributed by atoms with E-state index in [4.69, 9.17) is 0 Å². The van der Waals surface area contributed by atoms with Crippen LogP contribution in [0, 0.1) is 0 Å². The van der Waals surface area contributed by atoms with Crippen LogP contribution in [0.1, 0.15) is 29.3 Å². The third kappa shape index (κ3) is 4.64. The molecule has 2 aromatic carbocycles. The van der Waals surface area contributed by atoms with Crippen LogP contribution < -0.4 is 5.32 Å². The molecule has 0 aliphatic carbocycles. The van der Waals surface area contributed by atoms with Crippen molar-refractivity contribution in [3.05, 3.63) is 64.1 Å². The van der Waals surface area contributed by atoms with Crippen LogP contribution in [0.15, 0.2) is 57.9 Å². The van der Waals surface area contributed by atoms with Gasteiger partial charge in [-0.1, -0.05) is 40.2 Å². The molecule has 0 spiro atoms. The van der Waals surface area contributed by atoms with Gasteiger partial charge in [0.05, 0.1) is 5.56 Å². The molecule has 0 saturated carbocycles. The molecular formula is C21H22BrN3O5S. The second kappa shape index (κ2) is 9.19. The molecule has 3 rings (SSSR count). The highest BCUT2D eigenvalue weighted by atomic mass is 79.9. The largest absolute Gasteiger partial charge is 0.357 e. The van der Waals surface area contributed by atoms with E-state index in [2.05, 4.69) is 21.2 Å². The molecule has 164 valence electrons. The Labute approximate surface area is 189 Å². The molecule has 0 radical (unpaired) electrons. The zero-order valence-corrected chi connectivity index (χ0v) is 19.4. The van der Waals surface area contributed by atoms with Crippen LogP contribution in [0.4, 0.5) is 0 Å². The third-order valence-electron chi connectivity index (χ3n) is 5.12. The highest BCUT2D eigenvalue weighted by Gasteiger charge is 2.41. The maximum atomic E-state index is 13.0. The number of nitrogens with one attached hydrogen (secondary N) is 1. The molecule has 0 saturated heterocycles. The van der Waals surface area contributed by atoms with Crippen molar-refractivity contribution in [3.8, 4) is 0 Å². The van der Waals surface area contributed by atoms with Crippen molar-refractivity contribution in [1.82, 2.24) is 14.5 Å². The van der Waals surface area contributed by atoms with Gasteiger partial charge in [-0.05, 0) is 36.8 Å². The number of rotatable bonds is 7. The normalized spacial score (nSPS) is 15.3. The molecular weight excluding hydrogens is 486 g/mol. The van der Waals surface area contributed by atoms with E-state index in [0.29, 0.717) is 0 Å². The average molecular weight is 508 g/mol. The topological polar surface area (TPSA) is 104 Å². The lowest BCUT2D eigenvalue weighted by molar-refractivity contribution is -0.140. The maximum Gasteiger partial charge on any atom is 0.269 e. The number of carbonyl (C=O) groups is 3. The first-order valence-corrected chi connectivity index (χ1v) is 11.8. The first-order valence-electron chi connectivity index (χ1n) is 9.58. The molecule has 3 amide bonds. The summed E-state index contributed by atoms with van der Waals surface area (Å²) < 4.78 is 27.0. The second-order valence-corrected chi connectivity index (χ2v) is 9.81. The van der Waals surface area contributed by atoms with E-state index >= 15 is 0 Å². The number of benzene rings is 2. The number of hydrogen-bond acceptors (Lipinski definition) is 5. The smallest absolute Gasteiger partial charge is 0.269 e. The SMILES string of the molecule is CNC(=O)C(C)N(Cc1ccc(Br)cc1)C(=O)CCN1C(=O)c2ccccc2S1(=O)=O. The summed E-state index contributed by atoms with van der Waals surface area (Å²) in [4.78, 5) is 39.1. The van der Waals surface area contributed by atoms with Crippen molar-refractivity contribution in [3.63, 3.8) is 0 Å². The summed E-state index contributed by atoms with van der Waals surface area (Å²) in [5.41, 5.74) is 0.907. The minimum atomic E-state index is -3.99. The van der Waals surface area contributed by atoms with Gasteiger partial charge >= 0.3 is 0 Å². The van der Waals surface area contributed by atoms with Gasteiger partial charge < -0.3 is 10.2 Å². The van der Waals surface area contributed by atoms with E-state index in [0.717, 1.165) is 14.3 Å². The van der Waals surface area contributed by atoms with Crippen molar-refractivity contribution in [2.75, 3.05) is 13.6 Å². The first-order chi connectivity index (χ1) is 14.7. The van der Waals surface area contributed by atoms with Crippen LogP contribution in [-0.2, 0) is 26.2 Å². The van der Waals surface area contributed by atoms with Gasteiger partial charge in [0.1, 0.15) is 10.9 Å². The fraction of sp³-hybridized carbons (Fsp3) is 0.286. The number of halogens is 1. The van der Waals surface area contributed by atoms with E-state index in [-0.39, 0.29) is 35.9 Å².